The largest absolute Gasteiger partial charge is 0.465 e. The van der Waals surface area contributed by atoms with E-state index in [1.165, 1.54) is 0 Å². The fraction of sp³-hybridized carbons (Fsp3) is 0.500. The Morgan fingerprint density at radius 1 is 1.12 bits per heavy atom. The van der Waals surface area contributed by atoms with Crippen molar-refractivity contribution in [3.63, 3.8) is 0 Å². The molecule has 0 aliphatic heterocycles. The third kappa shape index (κ3) is 8.74. The number of hydrogen-bond acceptors (Lipinski definition) is 5. The van der Waals surface area contributed by atoms with Crippen LogP contribution in [0.2, 0.25) is 0 Å². The zero-order valence-electron chi connectivity index (χ0n) is 15.1. The summed E-state index contributed by atoms with van der Waals surface area (Å²) in [7, 11) is 0. The Balaban J connectivity index is 2.74. The summed E-state index contributed by atoms with van der Waals surface area (Å²) in [4.78, 5) is 35.8. The number of rotatable bonds is 7. The van der Waals surface area contributed by atoms with Gasteiger partial charge in [-0.15, -0.1) is 0 Å². The highest BCUT2D eigenvalue weighted by Gasteiger charge is 2.25. The molecule has 0 radical (unpaired) electrons. The maximum atomic E-state index is 12.4. The van der Waals surface area contributed by atoms with Crippen molar-refractivity contribution >= 4 is 18.0 Å². The molecule has 0 saturated carbocycles. The molecule has 0 fully saturated rings. The maximum Gasteiger partial charge on any atom is 0.408 e. The Morgan fingerprint density at radius 2 is 1.76 bits per heavy atom. The van der Waals surface area contributed by atoms with Crippen molar-refractivity contribution in [1.82, 2.24) is 10.6 Å². The van der Waals surface area contributed by atoms with Crippen LogP contribution < -0.4 is 10.6 Å². The van der Waals surface area contributed by atoms with E-state index >= 15 is 0 Å². The van der Waals surface area contributed by atoms with Gasteiger partial charge < -0.3 is 20.1 Å². The van der Waals surface area contributed by atoms with Gasteiger partial charge in [-0.3, -0.25) is 9.59 Å². The standard InChI is InChI=1S/C18H26N2O5/c1-5-24-15(21)12-19-16(22)14(11-13-9-7-6-8-10-13)20-17(23)25-18(2,3)4/h6-10,14H,5,11-12H2,1-4H3,(H,19,22)(H,20,23)/t14-/m1/s1. The van der Waals surface area contributed by atoms with E-state index in [9.17, 15) is 14.4 Å². The van der Waals surface area contributed by atoms with Crippen molar-refractivity contribution in [3.05, 3.63) is 35.9 Å². The first-order valence-corrected chi connectivity index (χ1v) is 8.18. The molecule has 1 atom stereocenters. The Kier molecular flexibility index (Phi) is 7.91. The lowest BCUT2D eigenvalue weighted by atomic mass is 10.1. The normalized spacial score (nSPS) is 12.0. The molecule has 7 nitrogen and oxygen atoms in total. The van der Waals surface area contributed by atoms with Crippen LogP contribution in [0.15, 0.2) is 30.3 Å². The van der Waals surface area contributed by atoms with E-state index in [4.69, 9.17) is 9.47 Å². The highest BCUT2D eigenvalue weighted by atomic mass is 16.6. The number of carbonyl (C=O) groups is 3. The molecule has 2 amide bonds. The summed E-state index contributed by atoms with van der Waals surface area (Å²) in [6.07, 6.45) is -0.422. The predicted molar refractivity (Wildman–Crippen MR) is 92.9 cm³/mol. The summed E-state index contributed by atoms with van der Waals surface area (Å²) >= 11 is 0. The van der Waals surface area contributed by atoms with Gasteiger partial charge in [-0.1, -0.05) is 30.3 Å². The summed E-state index contributed by atoms with van der Waals surface area (Å²) in [6.45, 7) is 6.87. The zero-order valence-corrected chi connectivity index (χ0v) is 15.1. The molecule has 1 rings (SSSR count). The van der Waals surface area contributed by atoms with Crippen LogP contribution in [0.1, 0.15) is 33.3 Å². The summed E-state index contributed by atoms with van der Waals surface area (Å²) in [5.74, 6) is -1.02. The van der Waals surface area contributed by atoms with Gasteiger partial charge in [-0.2, -0.15) is 0 Å². The van der Waals surface area contributed by atoms with Gasteiger partial charge in [-0.25, -0.2) is 4.79 Å². The Morgan fingerprint density at radius 3 is 2.32 bits per heavy atom. The van der Waals surface area contributed by atoms with Crippen LogP contribution in [0.25, 0.3) is 0 Å². The molecule has 7 heteroatoms. The van der Waals surface area contributed by atoms with Crippen molar-refractivity contribution in [1.29, 1.82) is 0 Å². The zero-order chi connectivity index (χ0) is 18.9. The maximum absolute atomic E-state index is 12.4. The number of hydrogen-bond donors (Lipinski definition) is 2. The average Bonchev–Trinajstić information content (AvgIpc) is 2.51. The highest BCUT2D eigenvalue weighted by molar-refractivity contribution is 5.88. The van der Waals surface area contributed by atoms with Crippen molar-refractivity contribution in [2.24, 2.45) is 0 Å². The minimum atomic E-state index is -0.869. The van der Waals surface area contributed by atoms with Gasteiger partial charge in [-0.05, 0) is 33.3 Å². The quantitative estimate of drug-likeness (QED) is 0.732. The van der Waals surface area contributed by atoms with Gasteiger partial charge in [0.2, 0.25) is 5.91 Å². The molecule has 0 spiro atoms. The monoisotopic (exact) mass is 350 g/mol. The van der Waals surface area contributed by atoms with E-state index in [1.54, 1.807) is 27.7 Å². The second kappa shape index (κ2) is 9.66. The molecule has 25 heavy (non-hydrogen) atoms. The third-order valence-corrected chi connectivity index (χ3v) is 3.00. The lowest BCUT2D eigenvalue weighted by Gasteiger charge is -2.23. The van der Waals surface area contributed by atoms with Gasteiger partial charge >= 0.3 is 12.1 Å². The van der Waals surface area contributed by atoms with Crippen molar-refractivity contribution < 1.29 is 23.9 Å². The summed E-state index contributed by atoms with van der Waals surface area (Å²) < 4.78 is 9.97. The smallest absolute Gasteiger partial charge is 0.408 e. The molecule has 0 saturated heterocycles. The number of alkyl carbamates (subject to hydrolysis) is 1. The number of ether oxygens (including phenoxy) is 2. The minimum Gasteiger partial charge on any atom is -0.465 e. The highest BCUT2D eigenvalue weighted by Crippen LogP contribution is 2.08. The molecule has 1 aromatic carbocycles. The SMILES string of the molecule is CCOC(=O)CNC(=O)[C@@H](Cc1ccccc1)NC(=O)OC(C)(C)C. The van der Waals surface area contributed by atoms with Crippen LogP contribution >= 0.6 is 0 Å². The molecule has 0 aromatic heterocycles. The van der Waals surface area contributed by atoms with Gasteiger partial charge in [0, 0.05) is 6.42 Å². The van der Waals surface area contributed by atoms with Crippen LogP contribution in [0.4, 0.5) is 4.79 Å². The molecule has 1 aromatic rings. The number of amides is 2. The predicted octanol–water partition coefficient (Wildman–Crippen LogP) is 1.80. The lowest BCUT2D eigenvalue weighted by molar-refractivity contribution is -0.143. The summed E-state index contributed by atoms with van der Waals surface area (Å²) in [6, 6.07) is 8.38. The third-order valence-electron chi connectivity index (χ3n) is 3.00. The van der Waals surface area contributed by atoms with Gasteiger partial charge in [0.1, 0.15) is 18.2 Å². The molecule has 138 valence electrons. The van der Waals surface area contributed by atoms with E-state index in [-0.39, 0.29) is 19.6 Å². The molecular formula is C18H26N2O5. The summed E-state index contributed by atoms with van der Waals surface area (Å²) in [5, 5.41) is 5.02. The Bertz CT molecular complexity index is 581. The molecule has 0 bridgehead atoms. The van der Waals surface area contributed by atoms with Gasteiger partial charge in [0.05, 0.1) is 6.61 Å². The van der Waals surface area contributed by atoms with Crippen LogP contribution in [-0.2, 0) is 25.5 Å². The number of carbonyl (C=O) groups excluding carboxylic acids is 3. The van der Waals surface area contributed by atoms with Gasteiger partial charge in [0.15, 0.2) is 0 Å². The second-order valence-corrected chi connectivity index (χ2v) is 6.41. The van der Waals surface area contributed by atoms with Crippen LogP contribution in [0.3, 0.4) is 0 Å². The Labute approximate surface area is 148 Å². The molecule has 2 N–H and O–H groups in total. The van der Waals surface area contributed by atoms with Crippen molar-refractivity contribution in [3.8, 4) is 0 Å². The van der Waals surface area contributed by atoms with Crippen LogP contribution in [-0.4, -0.2) is 42.8 Å². The van der Waals surface area contributed by atoms with Crippen molar-refractivity contribution in [2.45, 2.75) is 45.8 Å². The molecule has 0 unspecified atom stereocenters. The van der Waals surface area contributed by atoms with E-state index in [1.807, 2.05) is 30.3 Å². The van der Waals surface area contributed by atoms with E-state index in [0.717, 1.165) is 5.56 Å². The van der Waals surface area contributed by atoms with Crippen molar-refractivity contribution in [2.75, 3.05) is 13.2 Å². The fourth-order valence-electron chi connectivity index (χ4n) is 2.00. The van der Waals surface area contributed by atoms with Crippen LogP contribution in [0, 0.1) is 0 Å². The molecule has 0 heterocycles. The molecule has 0 aliphatic carbocycles. The van der Waals surface area contributed by atoms with E-state index < -0.39 is 29.6 Å². The van der Waals surface area contributed by atoms with E-state index in [2.05, 4.69) is 10.6 Å². The fourth-order valence-corrected chi connectivity index (χ4v) is 2.00. The number of nitrogens with one attached hydrogen (secondary N) is 2. The van der Waals surface area contributed by atoms with Crippen LogP contribution in [0.5, 0.6) is 0 Å². The number of benzene rings is 1. The first-order chi connectivity index (χ1) is 11.7. The average molecular weight is 350 g/mol. The first-order valence-electron chi connectivity index (χ1n) is 8.18. The number of esters is 1. The molecular weight excluding hydrogens is 324 g/mol. The van der Waals surface area contributed by atoms with Gasteiger partial charge in [0.25, 0.3) is 0 Å². The van der Waals surface area contributed by atoms with E-state index in [0.29, 0.717) is 0 Å². The first kappa shape index (κ1) is 20.5. The summed E-state index contributed by atoms with van der Waals surface area (Å²) in [5.41, 5.74) is 0.192. The Hall–Kier alpha value is -2.57. The topological polar surface area (TPSA) is 93.7 Å². The molecule has 0 aliphatic rings. The second-order valence-electron chi connectivity index (χ2n) is 6.41. The lowest BCUT2D eigenvalue weighted by Crippen LogP contribution is -2.50. The minimum absolute atomic E-state index is 0.234.